The van der Waals surface area contributed by atoms with Crippen molar-refractivity contribution in [1.29, 1.82) is 0 Å². The molecule has 27 heavy (non-hydrogen) atoms. The number of ether oxygens (including phenoxy) is 1. The number of carboxylic acids is 1. The summed E-state index contributed by atoms with van der Waals surface area (Å²) in [5.41, 5.74) is 4.80. The van der Waals surface area contributed by atoms with E-state index in [1.54, 1.807) is 18.9 Å². The van der Waals surface area contributed by atoms with Crippen molar-refractivity contribution in [3.05, 3.63) is 59.3 Å². The molecule has 0 unspecified atom stereocenters. The first-order valence-corrected chi connectivity index (χ1v) is 10.3. The van der Waals surface area contributed by atoms with E-state index in [0.29, 0.717) is 6.42 Å². The SMILES string of the molecule is COc1ccc2c(c1)c(C)c(CCCC(=O)O)n2Cc1ccc(SC)cc1. The van der Waals surface area contributed by atoms with Gasteiger partial charge >= 0.3 is 5.97 Å². The minimum atomic E-state index is -0.746. The Hall–Kier alpha value is -2.40. The van der Waals surface area contributed by atoms with Gasteiger partial charge in [-0.1, -0.05) is 12.1 Å². The second kappa shape index (κ2) is 8.53. The van der Waals surface area contributed by atoms with E-state index in [0.717, 1.165) is 24.2 Å². The van der Waals surface area contributed by atoms with Crippen LogP contribution in [-0.4, -0.2) is 29.0 Å². The average molecular weight is 384 g/mol. The molecule has 1 N–H and O–H groups in total. The zero-order chi connectivity index (χ0) is 19.4. The molecule has 0 fully saturated rings. The molecule has 0 amide bonds. The molecule has 0 aliphatic heterocycles. The smallest absolute Gasteiger partial charge is 0.303 e. The van der Waals surface area contributed by atoms with E-state index in [4.69, 9.17) is 9.84 Å². The largest absolute Gasteiger partial charge is 0.497 e. The fraction of sp³-hybridized carbons (Fsp3) is 0.318. The predicted molar refractivity (Wildman–Crippen MR) is 111 cm³/mol. The van der Waals surface area contributed by atoms with Gasteiger partial charge in [0, 0.05) is 34.5 Å². The van der Waals surface area contributed by atoms with E-state index >= 15 is 0 Å². The van der Waals surface area contributed by atoms with Crippen LogP contribution in [0.3, 0.4) is 0 Å². The van der Waals surface area contributed by atoms with Gasteiger partial charge in [0.25, 0.3) is 0 Å². The number of aliphatic carboxylic acids is 1. The first kappa shape index (κ1) is 19.4. The van der Waals surface area contributed by atoms with E-state index in [9.17, 15) is 4.79 Å². The lowest BCUT2D eigenvalue weighted by Gasteiger charge is -2.12. The number of rotatable bonds is 8. The number of fused-ring (bicyclic) bond motifs is 1. The highest BCUT2D eigenvalue weighted by atomic mass is 32.2. The van der Waals surface area contributed by atoms with Crippen LogP contribution >= 0.6 is 11.8 Å². The molecule has 0 saturated carbocycles. The fourth-order valence-electron chi connectivity index (χ4n) is 3.50. The average Bonchev–Trinajstić information content (AvgIpc) is 2.93. The molecule has 3 rings (SSSR count). The Morgan fingerprint density at radius 1 is 1.19 bits per heavy atom. The molecule has 3 aromatic rings. The number of nitrogens with zero attached hydrogens (tertiary/aromatic N) is 1. The Labute approximate surface area is 164 Å². The van der Waals surface area contributed by atoms with Crippen LogP contribution in [0.15, 0.2) is 47.4 Å². The number of benzene rings is 2. The van der Waals surface area contributed by atoms with Gasteiger partial charge in [-0.05, 0) is 67.5 Å². The number of carbonyl (C=O) groups is 1. The first-order chi connectivity index (χ1) is 13.0. The zero-order valence-corrected chi connectivity index (χ0v) is 16.8. The molecule has 142 valence electrons. The number of thioether (sulfide) groups is 1. The van der Waals surface area contributed by atoms with E-state index in [1.165, 1.54) is 27.1 Å². The van der Waals surface area contributed by atoms with Crippen LogP contribution in [0.2, 0.25) is 0 Å². The minimum Gasteiger partial charge on any atom is -0.497 e. The molecule has 0 spiro atoms. The Kier molecular flexibility index (Phi) is 6.11. The number of aryl methyl sites for hydroxylation is 1. The molecule has 0 bridgehead atoms. The van der Waals surface area contributed by atoms with Crippen molar-refractivity contribution in [3.63, 3.8) is 0 Å². The van der Waals surface area contributed by atoms with Gasteiger partial charge in [-0.25, -0.2) is 0 Å². The lowest BCUT2D eigenvalue weighted by atomic mass is 10.1. The Balaban J connectivity index is 2.01. The maximum absolute atomic E-state index is 10.9. The van der Waals surface area contributed by atoms with Crippen molar-refractivity contribution in [1.82, 2.24) is 4.57 Å². The highest BCUT2D eigenvalue weighted by Gasteiger charge is 2.15. The number of hydrogen-bond acceptors (Lipinski definition) is 3. The van der Waals surface area contributed by atoms with Gasteiger partial charge in [-0.3, -0.25) is 4.79 Å². The molecule has 0 radical (unpaired) electrons. The summed E-state index contributed by atoms with van der Waals surface area (Å²) >= 11 is 1.74. The summed E-state index contributed by atoms with van der Waals surface area (Å²) in [6.45, 7) is 2.89. The first-order valence-electron chi connectivity index (χ1n) is 9.04. The third-order valence-electron chi connectivity index (χ3n) is 4.96. The van der Waals surface area contributed by atoms with Gasteiger partial charge < -0.3 is 14.4 Å². The van der Waals surface area contributed by atoms with Crippen molar-refractivity contribution in [2.75, 3.05) is 13.4 Å². The predicted octanol–water partition coefficient (Wildman–Crippen LogP) is 5.14. The molecule has 0 aliphatic rings. The van der Waals surface area contributed by atoms with Crippen molar-refractivity contribution in [2.45, 2.75) is 37.6 Å². The topological polar surface area (TPSA) is 51.5 Å². The monoisotopic (exact) mass is 383 g/mol. The van der Waals surface area contributed by atoms with Gasteiger partial charge in [0.1, 0.15) is 5.75 Å². The molecule has 0 aliphatic carbocycles. The van der Waals surface area contributed by atoms with Gasteiger partial charge in [0.05, 0.1) is 7.11 Å². The quantitative estimate of drug-likeness (QED) is 0.548. The molecule has 0 saturated heterocycles. The molecule has 2 aromatic carbocycles. The lowest BCUT2D eigenvalue weighted by molar-refractivity contribution is -0.137. The summed E-state index contributed by atoms with van der Waals surface area (Å²) in [6, 6.07) is 14.8. The summed E-state index contributed by atoms with van der Waals surface area (Å²) in [6.07, 6.45) is 3.64. The van der Waals surface area contributed by atoms with Crippen LogP contribution in [0.5, 0.6) is 5.75 Å². The van der Waals surface area contributed by atoms with Gasteiger partial charge in [-0.2, -0.15) is 0 Å². The minimum absolute atomic E-state index is 0.187. The third kappa shape index (κ3) is 4.30. The standard InChI is InChI=1S/C22H25NO3S/c1-15-19-13-17(26-2)9-12-21(19)23(20(15)5-4-6-22(24)25)14-16-7-10-18(27-3)11-8-16/h7-13H,4-6,14H2,1-3H3,(H,24,25). The Bertz CT molecular complexity index is 944. The number of carboxylic acid groups (broad SMARTS) is 1. The van der Waals surface area contributed by atoms with E-state index in [-0.39, 0.29) is 6.42 Å². The second-order valence-corrected chi connectivity index (χ2v) is 7.52. The van der Waals surface area contributed by atoms with Gasteiger partial charge in [0.15, 0.2) is 0 Å². The third-order valence-corrected chi connectivity index (χ3v) is 5.70. The van der Waals surface area contributed by atoms with Crippen LogP contribution < -0.4 is 4.74 Å². The van der Waals surface area contributed by atoms with Crippen molar-refractivity contribution in [2.24, 2.45) is 0 Å². The molecule has 4 nitrogen and oxygen atoms in total. The Morgan fingerprint density at radius 3 is 2.56 bits per heavy atom. The van der Waals surface area contributed by atoms with Crippen molar-refractivity contribution in [3.8, 4) is 5.75 Å². The van der Waals surface area contributed by atoms with E-state index in [1.807, 2.05) is 6.07 Å². The number of methoxy groups -OCH3 is 1. The summed E-state index contributed by atoms with van der Waals surface area (Å²) < 4.78 is 7.71. The molecule has 1 heterocycles. The lowest BCUT2D eigenvalue weighted by Crippen LogP contribution is -2.06. The highest BCUT2D eigenvalue weighted by molar-refractivity contribution is 7.98. The van der Waals surface area contributed by atoms with Gasteiger partial charge in [0.2, 0.25) is 0 Å². The summed E-state index contributed by atoms with van der Waals surface area (Å²) in [4.78, 5) is 12.2. The van der Waals surface area contributed by atoms with Crippen molar-refractivity contribution >= 4 is 28.6 Å². The molecule has 0 atom stereocenters. The van der Waals surface area contributed by atoms with Crippen LogP contribution in [0.4, 0.5) is 0 Å². The van der Waals surface area contributed by atoms with Crippen LogP contribution in [0.25, 0.3) is 10.9 Å². The number of hydrogen-bond donors (Lipinski definition) is 1. The molecule has 5 heteroatoms. The molecule has 1 aromatic heterocycles. The Morgan fingerprint density at radius 2 is 1.93 bits per heavy atom. The maximum atomic E-state index is 10.9. The van der Waals surface area contributed by atoms with Crippen LogP contribution in [0, 0.1) is 6.92 Å². The maximum Gasteiger partial charge on any atom is 0.303 e. The molecular formula is C22H25NO3S. The second-order valence-electron chi connectivity index (χ2n) is 6.64. The van der Waals surface area contributed by atoms with Crippen LogP contribution in [-0.2, 0) is 17.8 Å². The van der Waals surface area contributed by atoms with Crippen molar-refractivity contribution < 1.29 is 14.6 Å². The summed E-state index contributed by atoms with van der Waals surface area (Å²) in [5.74, 6) is 0.0915. The zero-order valence-electron chi connectivity index (χ0n) is 16.0. The van der Waals surface area contributed by atoms with Gasteiger partial charge in [-0.15, -0.1) is 11.8 Å². The van der Waals surface area contributed by atoms with Crippen LogP contribution in [0.1, 0.15) is 29.7 Å². The highest BCUT2D eigenvalue weighted by Crippen LogP contribution is 2.31. The van der Waals surface area contributed by atoms with E-state index in [2.05, 4.69) is 54.1 Å². The normalized spacial score (nSPS) is 11.1. The summed E-state index contributed by atoms with van der Waals surface area (Å²) in [5, 5.41) is 10.2. The number of aromatic nitrogens is 1. The fourth-order valence-corrected chi connectivity index (χ4v) is 3.91. The summed E-state index contributed by atoms with van der Waals surface area (Å²) in [7, 11) is 1.68. The molecular weight excluding hydrogens is 358 g/mol. The van der Waals surface area contributed by atoms with E-state index < -0.39 is 5.97 Å².